The maximum absolute atomic E-state index is 13.7. The average Bonchev–Trinajstić information content (AvgIpc) is 2.91. The first-order valence-corrected chi connectivity index (χ1v) is 11.4. The van der Waals surface area contributed by atoms with Gasteiger partial charge in [-0.1, -0.05) is 69.5 Å². The maximum atomic E-state index is 13.7. The van der Waals surface area contributed by atoms with E-state index in [-0.39, 0.29) is 18.2 Å². The van der Waals surface area contributed by atoms with Gasteiger partial charge in [0, 0.05) is 26.5 Å². The highest BCUT2D eigenvalue weighted by Gasteiger charge is 2.54. The molecule has 0 spiro atoms. The molecule has 3 amide bonds. The first kappa shape index (κ1) is 22.6. The third kappa shape index (κ3) is 4.22. The van der Waals surface area contributed by atoms with Crippen LogP contribution in [0.4, 0.5) is 10.5 Å². The lowest BCUT2D eigenvalue weighted by molar-refractivity contribution is -0.124. The van der Waals surface area contributed by atoms with Gasteiger partial charge in [0.05, 0.1) is 12.2 Å². The van der Waals surface area contributed by atoms with Crippen molar-refractivity contribution < 1.29 is 14.7 Å². The second-order valence-electron chi connectivity index (χ2n) is 7.84. The molecule has 3 aromatic rings. The van der Waals surface area contributed by atoms with E-state index in [9.17, 15) is 14.7 Å². The number of hydrogen-bond acceptors (Lipinski definition) is 3. The zero-order valence-electron chi connectivity index (χ0n) is 17.1. The van der Waals surface area contributed by atoms with Crippen molar-refractivity contribution in [3.05, 3.63) is 92.4 Å². The minimum atomic E-state index is -1.19. The SMILES string of the molecule is CC1(Cc2ccc(Br)cc2)C(=O)N(c2cc(Cl)cc(Cl)c2)C(=O)N1Cc1ccccc1O. The highest BCUT2D eigenvalue weighted by Crippen LogP contribution is 2.38. The van der Waals surface area contributed by atoms with E-state index < -0.39 is 11.6 Å². The molecular weight excluding hydrogens is 515 g/mol. The lowest BCUT2D eigenvalue weighted by atomic mass is 9.90. The molecule has 1 saturated heterocycles. The van der Waals surface area contributed by atoms with E-state index in [1.54, 1.807) is 37.3 Å². The topological polar surface area (TPSA) is 60.9 Å². The Morgan fingerprint density at radius 3 is 2.22 bits per heavy atom. The fourth-order valence-corrected chi connectivity index (χ4v) is 4.68. The van der Waals surface area contributed by atoms with Gasteiger partial charge in [-0.05, 0) is 48.9 Å². The molecule has 0 bridgehead atoms. The van der Waals surface area contributed by atoms with Crippen molar-refractivity contribution in [2.75, 3.05) is 4.90 Å². The Balaban J connectivity index is 1.79. The van der Waals surface area contributed by atoms with Crippen LogP contribution in [0.5, 0.6) is 5.75 Å². The number of anilines is 1. The summed E-state index contributed by atoms with van der Waals surface area (Å²) >= 11 is 15.7. The normalized spacial score (nSPS) is 18.5. The third-order valence-corrected chi connectivity index (χ3v) is 6.53. The molecule has 1 atom stereocenters. The molecule has 32 heavy (non-hydrogen) atoms. The Labute approximate surface area is 204 Å². The Morgan fingerprint density at radius 1 is 0.969 bits per heavy atom. The first-order valence-electron chi connectivity index (χ1n) is 9.82. The number of hydrogen-bond donors (Lipinski definition) is 1. The maximum Gasteiger partial charge on any atom is 0.332 e. The molecule has 164 valence electrons. The van der Waals surface area contributed by atoms with Crippen LogP contribution in [0.15, 0.2) is 71.2 Å². The standard InChI is InChI=1S/C24H19BrCl2N2O3/c1-24(13-15-6-8-17(25)9-7-15)22(31)29(20-11-18(26)10-19(27)12-20)23(32)28(24)14-16-4-2-3-5-21(16)30/h2-12,30H,13-14H2,1H3. The molecule has 8 heteroatoms. The summed E-state index contributed by atoms with van der Waals surface area (Å²) in [5, 5.41) is 10.9. The molecule has 1 heterocycles. The first-order chi connectivity index (χ1) is 15.2. The number of para-hydroxylation sites is 1. The fourth-order valence-electron chi connectivity index (χ4n) is 3.90. The number of urea groups is 1. The van der Waals surface area contributed by atoms with Crippen LogP contribution in [-0.4, -0.2) is 27.5 Å². The van der Waals surface area contributed by atoms with E-state index >= 15 is 0 Å². The van der Waals surface area contributed by atoms with Gasteiger partial charge in [0.1, 0.15) is 11.3 Å². The van der Waals surface area contributed by atoms with Gasteiger partial charge in [-0.3, -0.25) is 4.79 Å². The smallest absolute Gasteiger partial charge is 0.332 e. The molecule has 4 rings (SSSR count). The van der Waals surface area contributed by atoms with Crippen molar-refractivity contribution in [2.45, 2.75) is 25.4 Å². The van der Waals surface area contributed by atoms with Crippen LogP contribution in [-0.2, 0) is 17.8 Å². The molecule has 5 nitrogen and oxygen atoms in total. The minimum Gasteiger partial charge on any atom is -0.508 e. The molecule has 1 fully saturated rings. The van der Waals surface area contributed by atoms with Crippen molar-refractivity contribution in [3.8, 4) is 5.75 Å². The Morgan fingerprint density at radius 2 is 1.59 bits per heavy atom. The molecule has 1 aliphatic heterocycles. The Hall–Kier alpha value is -2.54. The molecule has 1 aliphatic rings. The van der Waals surface area contributed by atoms with Gasteiger partial charge in [0.25, 0.3) is 5.91 Å². The van der Waals surface area contributed by atoms with Crippen LogP contribution in [0.25, 0.3) is 0 Å². The molecule has 3 aromatic carbocycles. The summed E-state index contributed by atoms with van der Waals surface area (Å²) < 4.78 is 0.918. The number of carbonyl (C=O) groups excluding carboxylic acids is 2. The zero-order chi connectivity index (χ0) is 23.0. The predicted octanol–water partition coefficient (Wildman–Crippen LogP) is 6.43. The molecule has 0 radical (unpaired) electrons. The number of halogens is 3. The van der Waals surface area contributed by atoms with Crippen LogP contribution >= 0.6 is 39.1 Å². The van der Waals surface area contributed by atoms with Gasteiger partial charge in [-0.2, -0.15) is 0 Å². The number of rotatable bonds is 5. The lowest BCUT2D eigenvalue weighted by Gasteiger charge is -2.32. The van der Waals surface area contributed by atoms with Gasteiger partial charge >= 0.3 is 6.03 Å². The van der Waals surface area contributed by atoms with Gasteiger partial charge in [-0.25, -0.2) is 9.69 Å². The summed E-state index contributed by atoms with van der Waals surface area (Å²) in [5.74, 6) is -0.331. The number of imide groups is 1. The summed E-state index contributed by atoms with van der Waals surface area (Å²) in [5.41, 5.74) is 0.549. The second-order valence-corrected chi connectivity index (χ2v) is 9.63. The molecular formula is C24H19BrCl2N2O3. The fraction of sp³-hybridized carbons (Fsp3) is 0.167. The van der Waals surface area contributed by atoms with Crippen molar-refractivity contribution in [2.24, 2.45) is 0 Å². The van der Waals surface area contributed by atoms with Gasteiger partial charge in [-0.15, -0.1) is 0 Å². The van der Waals surface area contributed by atoms with Crippen molar-refractivity contribution >= 4 is 56.8 Å². The van der Waals surface area contributed by atoms with Crippen molar-refractivity contribution in [1.82, 2.24) is 4.90 Å². The highest BCUT2D eigenvalue weighted by molar-refractivity contribution is 9.10. The Bertz CT molecular complexity index is 1180. The van der Waals surface area contributed by atoms with E-state index in [0.29, 0.717) is 27.7 Å². The van der Waals surface area contributed by atoms with E-state index in [1.165, 1.54) is 17.0 Å². The quantitative estimate of drug-likeness (QED) is 0.384. The largest absolute Gasteiger partial charge is 0.508 e. The Kier molecular flexibility index (Phi) is 6.21. The zero-order valence-corrected chi connectivity index (χ0v) is 20.2. The number of phenols is 1. The van der Waals surface area contributed by atoms with Crippen molar-refractivity contribution in [1.29, 1.82) is 0 Å². The third-order valence-electron chi connectivity index (χ3n) is 5.57. The predicted molar refractivity (Wildman–Crippen MR) is 129 cm³/mol. The molecule has 1 unspecified atom stereocenters. The summed E-state index contributed by atoms with van der Waals surface area (Å²) in [4.78, 5) is 29.9. The molecule has 0 aromatic heterocycles. The van der Waals surface area contributed by atoms with Crippen LogP contribution in [0.1, 0.15) is 18.1 Å². The summed E-state index contributed by atoms with van der Waals surface area (Å²) in [7, 11) is 0. The minimum absolute atomic E-state index is 0.0583. The van der Waals surface area contributed by atoms with Crippen LogP contribution in [0.3, 0.4) is 0 Å². The molecule has 0 saturated carbocycles. The monoisotopic (exact) mass is 532 g/mol. The second kappa shape index (κ2) is 8.77. The average molecular weight is 534 g/mol. The summed E-state index contributed by atoms with van der Waals surface area (Å²) in [6.45, 7) is 1.80. The lowest BCUT2D eigenvalue weighted by Crippen LogP contribution is -2.48. The number of benzene rings is 3. The number of nitrogens with zero attached hydrogens (tertiary/aromatic N) is 2. The van der Waals surface area contributed by atoms with E-state index in [1.807, 2.05) is 24.3 Å². The van der Waals surface area contributed by atoms with E-state index in [0.717, 1.165) is 14.9 Å². The number of aromatic hydroxyl groups is 1. The van der Waals surface area contributed by atoms with Crippen LogP contribution in [0.2, 0.25) is 10.0 Å². The molecule has 1 N–H and O–H groups in total. The number of carbonyl (C=O) groups is 2. The van der Waals surface area contributed by atoms with Crippen molar-refractivity contribution in [3.63, 3.8) is 0 Å². The highest BCUT2D eigenvalue weighted by atomic mass is 79.9. The number of amides is 3. The van der Waals surface area contributed by atoms with Crippen LogP contribution < -0.4 is 4.90 Å². The summed E-state index contributed by atoms with van der Waals surface area (Å²) in [6.07, 6.45) is 0.295. The summed E-state index contributed by atoms with van der Waals surface area (Å²) in [6, 6.07) is 18.5. The van der Waals surface area contributed by atoms with Gasteiger partial charge < -0.3 is 10.0 Å². The number of phenolic OH excluding ortho intramolecular Hbond substituents is 1. The van der Waals surface area contributed by atoms with Gasteiger partial charge in [0.15, 0.2) is 0 Å². The molecule has 0 aliphatic carbocycles. The van der Waals surface area contributed by atoms with Crippen LogP contribution in [0, 0.1) is 0 Å². The van der Waals surface area contributed by atoms with E-state index in [2.05, 4.69) is 15.9 Å². The van der Waals surface area contributed by atoms with Gasteiger partial charge in [0.2, 0.25) is 0 Å². The van der Waals surface area contributed by atoms with E-state index in [4.69, 9.17) is 23.2 Å².